The molecule has 28 heavy (non-hydrogen) atoms. The molecule has 1 aliphatic rings. The number of carbonyl (C=O) groups is 2. The van der Waals surface area contributed by atoms with Crippen LogP contribution < -0.4 is 5.32 Å². The van der Waals surface area contributed by atoms with Crippen LogP contribution >= 0.6 is 0 Å². The van der Waals surface area contributed by atoms with E-state index in [1.165, 1.54) is 5.56 Å². The van der Waals surface area contributed by atoms with Crippen molar-refractivity contribution in [3.63, 3.8) is 0 Å². The molecule has 2 aromatic carbocycles. The number of hydrogen-bond acceptors (Lipinski definition) is 4. The van der Waals surface area contributed by atoms with Gasteiger partial charge in [0, 0.05) is 43.6 Å². The summed E-state index contributed by atoms with van der Waals surface area (Å²) in [4.78, 5) is 26.7. The fraction of sp³-hybridized carbons (Fsp3) is 0.227. The molecule has 1 amide bonds. The zero-order valence-corrected chi connectivity index (χ0v) is 15.5. The van der Waals surface area contributed by atoms with Crippen molar-refractivity contribution in [3.05, 3.63) is 83.0 Å². The number of aromatic amines is 1. The van der Waals surface area contributed by atoms with E-state index in [1.54, 1.807) is 12.1 Å². The van der Waals surface area contributed by atoms with E-state index >= 15 is 0 Å². The van der Waals surface area contributed by atoms with Gasteiger partial charge < -0.3 is 5.32 Å². The first-order valence-corrected chi connectivity index (χ1v) is 9.39. The van der Waals surface area contributed by atoms with Gasteiger partial charge in [-0.1, -0.05) is 60.7 Å². The Balaban J connectivity index is 1.31. The van der Waals surface area contributed by atoms with Gasteiger partial charge >= 0.3 is 0 Å². The third-order valence-corrected chi connectivity index (χ3v) is 4.90. The highest BCUT2D eigenvalue weighted by Crippen LogP contribution is 2.28. The number of hydrogen-bond donors (Lipinski definition) is 2. The SMILES string of the molecule is O=C(CCC(=O)c1ccccc1)Nc1n[nH]c2c1CN(Cc1ccccc1)C2. The highest BCUT2D eigenvalue weighted by atomic mass is 16.2. The predicted molar refractivity (Wildman–Crippen MR) is 107 cm³/mol. The van der Waals surface area contributed by atoms with Crippen LogP contribution in [-0.4, -0.2) is 26.8 Å². The lowest BCUT2D eigenvalue weighted by Crippen LogP contribution is -2.18. The van der Waals surface area contributed by atoms with Gasteiger partial charge in [-0.25, -0.2) is 0 Å². The number of fused-ring (bicyclic) bond motifs is 1. The smallest absolute Gasteiger partial charge is 0.226 e. The zero-order chi connectivity index (χ0) is 19.3. The Morgan fingerprint density at radius 1 is 0.964 bits per heavy atom. The molecule has 0 spiro atoms. The molecule has 0 saturated heterocycles. The minimum absolute atomic E-state index is 0.0305. The van der Waals surface area contributed by atoms with Gasteiger partial charge in [0.25, 0.3) is 0 Å². The van der Waals surface area contributed by atoms with Crippen LogP contribution in [-0.2, 0) is 24.4 Å². The number of anilines is 1. The Morgan fingerprint density at radius 3 is 2.43 bits per heavy atom. The van der Waals surface area contributed by atoms with E-state index in [4.69, 9.17) is 0 Å². The second-order valence-corrected chi connectivity index (χ2v) is 7.00. The Hall–Kier alpha value is -3.25. The number of rotatable bonds is 7. The normalized spacial score (nSPS) is 13.3. The minimum atomic E-state index is -0.194. The fourth-order valence-electron chi connectivity index (χ4n) is 3.45. The van der Waals surface area contributed by atoms with Crippen molar-refractivity contribution in [1.29, 1.82) is 0 Å². The number of Topliss-reactive ketones (excluding diaryl/α,β-unsaturated/α-hetero) is 1. The summed E-state index contributed by atoms with van der Waals surface area (Å²) in [5.74, 6) is 0.347. The molecular weight excluding hydrogens is 352 g/mol. The third kappa shape index (κ3) is 4.18. The minimum Gasteiger partial charge on any atom is -0.309 e. The molecule has 2 heterocycles. The number of nitrogens with zero attached hydrogens (tertiary/aromatic N) is 2. The topological polar surface area (TPSA) is 78.1 Å². The van der Waals surface area contributed by atoms with Gasteiger partial charge in [-0.15, -0.1) is 0 Å². The maximum atomic E-state index is 12.3. The summed E-state index contributed by atoms with van der Waals surface area (Å²) in [7, 11) is 0. The van der Waals surface area contributed by atoms with Gasteiger partial charge in [-0.05, 0) is 5.56 Å². The van der Waals surface area contributed by atoms with Crippen LogP contribution in [0, 0.1) is 0 Å². The number of carbonyl (C=O) groups excluding carboxylic acids is 2. The fourth-order valence-corrected chi connectivity index (χ4v) is 3.45. The first-order chi connectivity index (χ1) is 13.7. The van der Waals surface area contributed by atoms with E-state index in [2.05, 4.69) is 32.5 Å². The molecule has 1 aliphatic heterocycles. The second-order valence-electron chi connectivity index (χ2n) is 7.00. The lowest BCUT2D eigenvalue weighted by Gasteiger charge is -2.15. The maximum Gasteiger partial charge on any atom is 0.226 e. The van der Waals surface area contributed by atoms with Crippen molar-refractivity contribution in [3.8, 4) is 0 Å². The van der Waals surface area contributed by atoms with Crippen LogP contribution in [0.1, 0.15) is 40.0 Å². The number of nitrogens with one attached hydrogen (secondary N) is 2. The van der Waals surface area contributed by atoms with Gasteiger partial charge in [-0.2, -0.15) is 5.10 Å². The standard InChI is InChI=1S/C22H22N4O2/c27-20(17-9-5-2-6-10-17)11-12-21(28)23-22-18-14-26(15-19(18)24-25-22)13-16-7-3-1-4-8-16/h1-10H,11-15H2,(H2,23,24,25,28). The van der Waals surface area contributed by atoms with E-state index in [9.17, 15) is 9.59 Å². The van der Waals surface area contributed by atoms with Crippen molar-refractivity contribution in [2.45, 2.75) is 32.5 Å². The van der Waals surface area contributed by atoms with Gasteiger partial charge in [0.1, 0.15) is 0 Å². The Labute approximate surface area is 163 Å². The molecule has 0 unspecified atom stereocenters. The van der Waals surface area contributed by atoms with Crippen molar-refractivity contribution < 1.29 is 9.59 Å². The number of amides is 1. The highest BCUT2D eigenvalue weighted by Gasteiger charge is 2.25. The van der Waals surface area contributed by atoms with Crippen LogP contribution in [0.15, 0.2) is 60.7 Å². The lowest BCUT2D eigenvalue weighted by atomic mass is 10.1. The molecule has 0 atom stereocenters. The summed E-state index contributed by atoms with van der Waals surface area (Å²) in [5.41, 5.74) is 3.95. The van der Waals surface area contributed by atoms with E-state index in [0.29, 0.717) is 11.4 Å². The van der Waals surface area contributed by atoms with Crippen molar-refractivity contribution >= 4 is 17.5 Å². The molecule has 0 saturated carbocycles. The quantitative estimate of drug-likeness (QED) is 0.620. The molecule has 0 aliphatic carbocycles. The first-order valence-electron chi connectivity index (χ1n) is 9.39. The van der Waals surface area contributed by atoms with Crippen LogP contribution in [0.3, 0.4) is 0 Å². The summed E-state index contributed by atoms with van der Waals surface area (Å²) >= 11 is 0. The number of aromatic nitrogens is 2. The van der Waals surface area contributed by atoms with Crippen LogP contribution in [0.4, 0.5) is 5.82 Å². The summed E-state index contributed by atoms with van der Waals surface area (Å²) in [5, 5.41) is 10.1. The number of benzene rings is 2. The number of H-pyrrole nitrogens is 1. The molecule has 0 radical (unpaired) electrons. The Kier molecular flexibility index (Phi) is 5.30. The molecule has 2 N–H and O–H groups in total. The summed E-state index contributed by atoms with van der Waals surface area (Å²) in [6.45, 7) is 2.36. The van der Waals surface area contributed by atoms with E-state index in [-0.39, 0.29) is 24.5 Å². The molecule has 0 fully saturated rings. The Bertz CT molecular complexity index is 967. The second kappa shape index (κ2) is 8.19. The average Bonchev–Trinajstić information content (AvgIpc) is 3.29. The molecular formula is C22H22N4O2. The van der Waals surface area contributed by atoms with Crippen molar-refractivity contribution in [2.24, 2.45) is 0 Å². The Morgan fingerprint density at radius 2 is 1.68 bits per heavy atom. The monoisotopic (exact) mass is 374 g/mol. The van der Waals surface area contributed by atoms with Gasteiger partial charge in [0.2, 0.25) is 5.91 Å². The van der Waals surface area contributed by atoms with Crippen LogP contribution in [0.5, 0.6) is 0 Å². The zero-order valence-electron chi connectivity index (χ0n) is 15.5. The van der Waals surface area contributed by atoms with Crippen LogP contribution in [0.25, 0.3) is 0 Å². The van der Waals surface area contributed by atoms with Gasteiger partial charge in [0.05, 0.1) is 5.69 Å². The lowest BCUT2D eigenvalue weighted by molar-refractivity contribution is -0.116. The van der Waals surface area contributed by atoms with Gasteiger partial charge in [-0.3, -0.25) is 19.6 Å². The largest absolute Gasteiger partial charge is 0.309 e. The highest BCUT2D eigenvalue weighted by molar-refractivity contribution is 5.99. The van der Waals surface area contributed by atoms with E-state index in [1.807, 2.05) is 36.4 Å². The van der Waals surface area contributed by atoms with Crippen molar-refractivity contribution in [2.75, 3.05) is 5.32 Å². The average molecular weight is 374 g/mol. The molecule has 6 nitrogen and oxygen atoms in total. The van der Waals surface area contributed by atoms with Gasteiger partial charge in [0.15, 0.2) is 11.6 Å². The van der Waals surface area contributed by atoms with Crippen molar-refractivity contribution in [1.82, 2.24) is 15.1 Å². The maximum absolute atomic E-state index is 12.3. The van der Waals surface area contributed by atoms with E-state index < -0.39 is 0 Å². The molecule has 3 aromatic rings. The summed E-state index contributed by atoms with van der Waals surface area (Å²) in [6.07, 6.45) is 0.325. The summed E-state index contributed by atoms with van der Waals surface area (Å²) < 4.78 is 0. The molecule has 142 valence electrons. The van der Waals surface area contributed by atoms with Crippen LogP contribution in [0.2, 0.25) is 0 Å². The predicted octanol–water partition coefficient (Wildman–Crippen LogP) is 3.53. The number of ketones is 1. The third-order valence-electron chi connectivity index (χ3n) is 4.90. The molecule has 0 bridgehead atoms. The molecule has 4 rings (SSSR count). The molecule has 6 heteroatoms. The summed E-state index contributed by atoms with van der Waals surface area (Å²) in [6, 6.07) is 19.3. The molecule has 1 aromatic heterocycles. The van der Waals surface area contributed by atoms with E-state index in [0.717, 1.165) is 30.9 Å². The first kappa shape index (κ1) is 18.1.